The molecule has 1 fully saturated rings. The van der Waals surface area contributed by atoms with Crippen LogP contribution in [0.1, 0.15) is 65.6 Å². The van der Waals surface area contributed by atoms with Gasteiger partial charge in [0.05, 0.1) is 5.41 Å². The van der Waals surface area contributed by atoms with Gasteiger partial charge >= 0.3 is 0 Å². The second kappa shape index (κ2) is 7.40. The topological polar surface area (TPSA) is 89.8 Å². The minimum absolute atomic E-state index is 0.0418. The summed E-state index contributed by atoms with van der Waals surface area (Å²) in [5.41, 5.74) is 2.34. The zero-order valence-electron chi connectivity index (χ0n) is 20.7. The van der Waals surface area contributed by atoms with Crippen LogP contribution in [-0.2, 0) is 15.6 Å². The Morgan fingerprint density at radius 3 is 2.38 bits per heavy atom. The number of nitrogens with one attached hydrogen (secondary N) is 1. The number of rotatable bonds is 4. The van der Waals surface area contributed by atoms with E-state index < -0.39 is 11.0 Å². The van der Waals surface area contributed by atoms with Crippen molar-refractivity contribution >= 4 is 22.5 Å². The number of anilines is 1. The lowest BCUT2D eigenvalue weighted by atomic mass is 9.92. The van der Waals surface area contributed by atoms with Crippen LogP contribution >= 0.6 is 0 Å². The van der Waals surface area contributed by atoms with Gasteiger partial charge in [0, 0.05) is 28.1 Å². The second-order valence-corrected chi connectivity index (χ2v) is 11.4. The fourth-order valence-corrected chi connectivity index (χ4v) is 4.44. The number of amides is 1. The van der Waals surface area contributed by atoms with E-state index in [0.29, 0.717) is 22.9 Å². The highest BCUT2D eigenvalue weighted by atomic mass is 16.7. The van der Waals surface area contributed by atoms with E-state index in [1.54, 1.807) is 0 Å². The number of H-pyrrole nitrogens is 1. The van der Waals surface area contributed by atoms with Crippen LogP contribution < -0.4 is 25.1 Å². The van der Waals surface area contributed by atoms with E-state index >= 15 is 0 Å². The molecule has 2 aromatic carbocycles. The average Bonchev–Trinajstić information content (AvgIpc) is 3.22. The molecule has 1 saturated carbocycles. The maximum Gasteiger partial charge on any atom is 0.251 e. The average molecular weight is 464 g/mol. The van der Waals surface area contributed by atoms with Gasteiger partial charge < -0.3 is 19.2 Å². The third-order valence-corrected chi connectivity index (χ3v) is 6.49. The van der Waals surface area contributed by atoms with E-state index in [1.807, 2.05) is 51.1 Å². The predicted molar refractivity (Wildman–Crippen MR) is 133 cm³/mol. The van der Waals surface area contributed by atoms with Gasteiger partial charge in [-0.1, -0.05) is 26.8 Å². The van der Waals surface area contributed by atoms with Crippen LogP contribution in [0.25, 0.3) is 10.9 Å². The monoisotopic (exact) mass is 463 g/mol. The molecule has 0 spiro atoms. The molecule has 34 heavy (non-hydrogen) atoms. The summed E-state index contributed by atoms with van der Waals surface area (Å²) in [6.45, 7) is 12.6. The molecule has 3 aromatic rings. The first-order chi connectivity index (χ1) is 15.9. The van der Waals surface area contributed by atoms with Crippen molar-refractivity contribution in [1.29, 1.82) is 0 Å². The van der Waals surface area contributed by atoms with Crippen LogP contribution in [0.5, 0.6) is 17.2 Å². The van der Waals surface area contributed by atoms with Crippen molar-refractivity contribution in [2.24, 2.45) is 5.84 Å². The van der Waals surface area contributed by atoms with Crippen LogP contribution in [-0.4, -0.2) is 23.3 Å². The van der Waals surface area contributed by atoms with Crippen molar-refractivity contribution in [2.75, 3.05) is 11.8 Å². The van der Waals surface area contributed by atoms with Gasteiger partial charge in [0.2, 0.25) is 6.79 Å². The number of hydrazine groups is 1. The first kappa shape index (κ1) is 22.6. The number of benzene rings is 2. The summed E-state index contributed by atoms with van der Waals surface area (Å²) in [5, 5.41) is 2.25. The standard InChI is InChI=1S/C27H33N3O4/c1-25(2,3)23-12-16-11-19(21(14-18(16)29-23)34-26(4,5)6)30(28)24(31)27(9-10-27)17-7-8-20-22(13-17)33-15-32-20/h7-8,11-14,29H,9-10,15,28H2,1-6H3. The smallest absolute Gasteiger partial charge is 0.251 e. The SMILES string of the molecule is CC(C)(C)Oc1cc2[nH]c(C(C)(C)C)cc2cc1N(N)C(=O)C1(c2ccc3c(c2)OCO3)CC1. The number of nitrogens with two attached hydrogens (primary N) is 1. The largest absolute Gasteiger partial charge is 0.486 e. The maximum absolute atomic E-state index is 13.8. The summed E-state index contributed by atoms with van der Waals surface area (Å²) in [6.07, 6.45) is 1.46. The fourth-order valence-electron chi connectivity index (χ4n) is 4.44. The Kier molecular flexibility index (Phi) is 4.92. The van der Waals surface area contributed by atoms with Gasteiger partial charge in [0.25, 0.3) is 5.91 Å². The molecule has 1 aliphatic heterocycles. The third kappa shape index (κ3) is 3.88. The van der Waals surface area contributed by atoms with E-state index in [9.17, 15) is 4.79 Å². The highest BCUT2D eigenvalue weighted by Crippen LogP contribution is 2.52. The van der Waals surface area contributed by atoms with Crippen molar-refractivity contribution in [2.45, 2.75) is 70.8 Å². The van der Waals surface area contributed by atoms with Gasteiger partial charge in [0.1, 0.15) is 17.0 Å². The number of aromatic nitrogens is 1. The van der Waals surface area contributed by atoms with Gasteiger partial charge in [-0.15, -0.1) is 0 Å². The van der Waals surface area contributed by atoms with Crippen molar-refractivity contribution in [3.63, 3.8) is 0 Å². The van der Waals surface area contributed by atoms with Crippen LogP contribution in [0.15, 0.2) is 36.4 Å². The number of aromatic amines is 1. The lowest BCUT2D eigenvalue weighted by molar-refractivity contribution is -0.121. The van der Waals surface area contributed by atoms with Gasteiger partial charge in [0.15, 0.2) is 11.5 Å². The molecule has 5 rings (SSSR count). The van der Waals surface area contributed by atoms with E-state index in [-0.39, 0.29) is 18.1 Å². The van der Waals surface area contributed by atoms with E-state index in [0.717, 1.165) is 35.0 Å². The Hall–Kier alpha value is -3.19. The molecule has 3 N–H and O–H groups in total. The van der Waals surface area contributed by atoms with Crippen LogP contribution in [0.3, 0.4) is 0 Å². The summed E-state index contributed by atoms with van der Waals surface area (Å²) in [5.74, 6) is 8.33. The van der Waals surface area contributed by atoms with Crippen LogP contribution in [0.4, 0.5) is 5.69 Å². The number of carbonyl (C=O) groups is 1. The molecule has 0 radical (unpaired) electrons. The molecule has 1 amide bonds. The lowest BCUT2D eigenvalue weighted by Crippen LogP contribution is -2.44. The van der Waals surface area contributed by atoms with Crippen LogP contribution in [0.2, 0.25) is 0 Å². The Morgan fingerprint density at radius 1 is 1.03 bits per heavy atom. The predicted octanol–water partition coefficient (Wildman–Crippen LogP) is 5.31. The molecular weight excluding hydrogens is 430 g/mol. The lowest BCUT2D eigenvalue weighted by Gasteiger charge is -2.28. The molecule has 0 bridgehead atoms. The molecule has 7 nitrogen and oxygen atoms in total. The second-order valence-electron chi connectivity index (χ2n) is 11.4. The first-order valence-corrected chi connectivity index (χ1v) is 11.7. The molecular formula is C27H33N3O4. The van der Waals surface area contributed by atoms with E-state index in [4.69, 9.17) is 20.1 Å². The molecule has 0 saturated heterocycles. The fraction of sp³-hybridized carbons (Fsp3) is 0.444. The zero-order chi connectivity index (χ0) is 24.5. The zero-order valence-corrected chi connectivity index (χ0v) is 20.7. The Balaban J connectivity index is 1.55. The third-order valence-electron chi connectivity index (χ3n) is 6.49. The molecule has 0 unspecified atom stereocenters. The molecule has 7 heteroatoms. The van der Waals surface area contributed by atoms with Gasteiger partial charge in [-0.2, -0.15) is 0 Å². The summed E-state index contributed by atoms with van der Waals surface area (Å²) in [6, 6.07) is 11.7. The Labute approximate surface area is 200 Å². The summed E-state index contributed by atoms with van der Waals surface area (Å²) in [7, 11) is 0. The number of ether oxygens (including phenoxy) is 3. The number of hydrogen-bond donors (Lipinski definition) is 2. The first-order valence-electron chi connectivity index (χ1n) is 11.7. The minimum atomic E-state index is -0.668. The molecule has 180 valence electrons. The number of nitrogens with zero attached hydrogens (tertiary/aromatic N) is 1. The highest BCUT2D eigenvalue weighted by Gasteiger charge is 2.53. The Morgan fingerprint density at radius 2 is 1.74 bits per heavy atom. The van der Waals surface area contributed by atoms with Gasteiger partial charge in [-0.25, -0.2) is 10.9 Å². The van der Waals surface area contributed by atoms with Crippen molar-refractivity contribution in [1.82, 2.24) is 4.98 Å². The van der Waals surface area contributed by atoms with Crippen molar-refractivity contribution in [3.05, 3.63) is 47.7 Å². The van der Waals surface area contributed by atoms with Gasteiger partial charge in [-0.05, 0) is 63.4 Å². The van der Waals surface area contributed by atoms with E-state index in [2.05, 4.69) is 31.8 Å². The number of carbonyl (C=O) groups excluding carboxylic acids is 1. The summed E-state index contributed by atoms with van der Waals surface area (Å²) in [4.78, 5) is 17.3. The molecule has 2 aliphatic rings. The Bertz CT molecular complexity index is 1280. The highest BCUT2D eigenvalue weighted by molar-refractivity contribution is 6.05. The number of fused-ring (bicyclic) bond motifs is 2. The molecule has 1 aliphatic carbocycles. The van der Waals surface area contributed by atoms with Gasteiger partial charge in [-0.3, -0.25) is 4.79 Å². The van der Waals surface area contributed by atoms with Crippen molar-refractivity contribution in [3.8, 4) is 17.2 Å². The molecule has 1 aromatic heterocycles. The maximum atomic E-state index is 13.8. The summed E-state index contributed by atoms with van der Waals surface area (Å²) >= 11 is 0. The minimum Gasteiger partial charge on any atom is -0.486 e. The quantitative estimate of drug-likeness (QED) is 0.311. The molecule has 0 atom stereocenters. The van der Waals surface area contributed by atoms with Crippen LogP contribution in [0, 0.1) is 0 Å². The molecule has 2 heterocycles. The normalized spacial score (nSPS) is 16.6. The van der Waals surface area contributed by atoms with E-state index in [1.165, 1.54) is 5.01 Å². The van der Waals surface area contributed by atoms with Crippen molar-refractivity contribution < 1.29 is 19.0 Å². The summed E-state index contributed by atoms with van der Waals surface area (Å²) < 4.78 is 17.2. The number of hydrogen-bond acceptors (Lipinski definition) is 5.